The lowest BCUT2D eigenvalue weighted by molar-refractivity contribution is -0.142. The lowest BCUT2D eigenvalue weighted by Crippen LogP contribution is -2.48. The molecule has 0 unspecified atom stereocenters. The van der Waals surface area contributed by atoms with Crippen molar-refractivity contribution in [3.05, 3.63) is 36.3 Å². The van der Waals surface area contributed by atoms with Crippen LogP contribution in [0.5, 0.6) is 0 Å². The van der Waals surface area contributed by atoms with Gasteiger partial charge in [0.1, 0.15) is 5.82 Å². The zero-order chi connectivity index (χ0) is 19.4. The van der Waals surface area contributed by atoms with Crippen molar-refractivity contribution in [3.8, 4) is 11.4 Å². The van der Waals surface area contributed by atoms with Crippen LogP contribution in [-0.2, 0) is 15.7 Å². The smallest absolute Gasteiger partial charge is 0.433 e. The molecule has 1 fully saturated rings. The molecule has 3 rings (SSSR count). The number of carbonyl (C=O) groups is 1. The van der Waals surface area contributed by atoms with Gasteiger partial charge in [-0.1, -0.05) is 0 Å². The minimum absolute atomic E-state index is 0.000727. The first-order chi connectivity index (χ1) is 12.9. The van der Waals surface area contributed by atoms with E-state index in [-0.39, 0.29) is 24.2 Å². The summed E-state index contributed by atoms with van der Waals surface area (Å²) < 4.78 is 44.5. The summed E-state index contributed by atoms with van der Waals surface area (Å²) in [5.74, 6) is -0.133. The van der Waals surface area contributed by atoms with Gasteiger partial charge in [0.2, 0.25) is 0 Å². The fraction of sp³-hybridized carbons (Fsp3) is 0.412. The summed E-state index contributed by atoms with van der Waals surface area (Å²) in [6, 6.07) is 4.09. The highest BCUT2D eigenvalue weighted by atomic mass is 19.4. The molecule has 2 aromatic rings. The van der Waals surface area contributed by atoms with Crippen molar-refractivity contribution in [2.45, 2.75) is 6.18 Å². The Morgan fingerprint density at radius 3 is 2.41 bits per heavy atom. The molecule has 0 aromatic carbocycles. The summed E-state index contributed by atoms with van der Waals surface area (Å²) in [5, 5.41) is 0. The van der Waals surface area contributed by atoms with E-state index in [0.29, 0.717) is 31.7 Å². The molecule has 0 spiro atoms. The minimum Gasteiger partial charge on any atom is -0.468 e. The fourth-order valence-corrected chi connectivity index (χ4v) is 2.75. The quantitative estimate of drug-likeness (QED) is 0.749. The maximum absolute atomic E-state index is 13.3. The monoisotopic (exact) mass is 381 g/mol. The first-order valence-corrected chi connectivity index (χ1v) is 8.27. The molecule has 0 bridgehead atoms. The maximum Gasteiger partial charge on any atom is 0.433 e. The summed E-state index contributed by atoms with van der Waals surface area (Å²) in [6.45, 7) is 2.09. The molecule has 144 valence electrons. The van der Waals surface area contributed by atoms with Gasteiger partial charge in [0.15, 0.2) is 11.5 Å². The Morgan fingerprint density at radius 1 is 1.15 bits per heavy atom. The molecule has 1 saturated heterocycles. The van der Waals surface area contributed by atoms with Crippen molar-refractivity contribution in [3.63, 3.8) is 0 Å². The zero-order valence-corrected chi connectivity index (χ0v) is 14.6. The summed E-state index contributed by atoms with van der Waals surface area (Å²) in [5.41, 5.74) is -0.530. The third-order valence-corrected chi connectivity index (χ3v) is 4.22. The standard InChI is InChI=1S/C17H18F3N5O2/c1-27-15(26)11-24-6-8-25(9-7-24)14-10-13(17(18,19)20)22-16(23-14)12-2-4-21-5-3-12/h2-5,10H,6-9,11H2,1H3. The van der Waals surface area contributed by atoms with Gasteiger partial charge in [0, 0.05) is 50.2 Å². The van der Waals surface area contributed by atoms with Gasteiger partial charge in [-0.15, -0.1) is 0 Å². The molecule has 0 N–H and O–H groups in total. The highest BCUT2D eigenvalue weighted by molar-refractivity contribution is 5.71. The largest absolute Gasteiger partial charge is 0.468 e. The lowest BCUT2D eigenvalue weighted by Gasteiger charge is -2.35. The van der Waals surface area contributed by atoms with Crippen molar-refractivity contribution in [1.29, 1.82) is 0 Å². The lowest BCUT2D eigenvalue weighted by atomic mass is 10.2. The average Bonchev–Trinajstić information content (AvgIpc) is 2.68. The molecule has 0 saturated carbocycles. The second kappa shape index (κ2) is 7.87. The minimum atomic E-state index is -4.58. The Hall–Kier alpha value is -2.75. The van der Waals surface area contributed by atoms with Crippen molar-refractivity contribution >= 4 is 11.8 Å². The van der Waals surface area contributed by atoms with E-state index >= 15 is 0 Å². The Morgan fingerprint density at radius 2 is 1.81 bits per heavy atom. The molecule has 0 radical (unpaired) electrons. The van der Waals surface area contributed by atoms with Crippen LogP contribution in [0.3, 0.4) is 0 Å². The van der Waals surface area contributed by atoms with E-state index in [1.165, 1.54) is 19.5 Å². The van der Waals surface area contributed by atoms with Crippen LogP contribution in [0.15, 0.2) is 30.6 Å². The second-order valence-electron chi connectivity index (χ2n) is 6.01. The number of hydrogen-bond donors (Lipinski definition) is 0. The van der Waals surface area contributed by atoms with Crippen LogP contribution in [0.2, 0.25) is 0 Å². The van der Waals surface area contributed by atoms with Gasteiger partial charge in [-0.25, -0.2) is 9.97 Å². The number of anilines is 1. The van der Waals surface area contributed by atoms with Crippen molar-refractivity contribution < 1.29 is 22.7 Å². The normalized spacial score (nSPS) is 15.6. The Kier molecular flexibility index (Phi) is 5.54. The number of alkyl halides is 3. The highest BCUT2D eigenvalue weighted by Gasteiger charge is 2.34. The molecule has 7 nitrogen and oxygen atoms in total. The average molecular weight is 381 g/mol. The number of nitrogens with zero attached hydrogens (tertiary/aromatic N) is 5. The number of methoxy groups -OCH3 is 1. The van der Waals surface area contributed by atoms with E-state index in [2.05, 4.69) is 19.7 Å². The number of aromatic nitrogens is 3. The van der Waals surface area contributed by atoms with Gasteiger partial charge >= 0.3 is 12.1 Å². The fourth-order valence-electron chi connectivity index (χ4n) is 2.75. The van der Waals surface area contributed by atoms with Crippen LogP contribution in [-0.4, -0.2) is 65.7 Å². The summed E-state index contributed by atoms with van der Waals surface area (Å²) >= 11 is 0. The van der Waals surface area contributed by atoms with Crippen LogP contribution in [0.4, 0.5) is 19.0 Å². The molecule has 1 aliphatic heterocycles. The SMILES string of the molecule is COC(=O)CN1CCN(c2cc(C(F)(F)F)nc(-c3ccncc3)n2)CC1. The van der Waals surface area contributed by atoms with Gasteiger partial charge in [0.05, 0.1) is 13.7 Å². The first-order valence-electron chi connectivity index (χ1n) is 8.27. The number of ether oxygens (including phenoxy) is 1. The summed E-state index contributed by atoms with van der Waals surface area (Å²) in [4.78, 5) is 26.9. The van der Waals surface area contributed by atoms with Crippen molar-refractivity contribution in [1.82, 2.24) is 19.9 Å². The maximum atomic E-state index is 13.3. The van der Waals surface area contributed by atoms with Gasteiger partial charge < -0.3 is 9.64 Å². The highest BCUT2D eigenvalue weighted by Crippen LogP contribution is 2.31. The summed E-state index contributed by atoms with van der Waals surface area (Å²) in [6.07, 6.45) is -1.62. The number of hydrogen-bond acceptors (Lipinski definition) is 7. The molecule has 0 amide bonds. The van der Waals surface area contributed by atoms with Crippen LogP contribution in [0.25, 0.3) is 11.4 Å². The van der Waals surface area contributed by atoms with Gasteiger partial charge in [0.25, 0.3) is 0 Å². The topological polar surface area (TPSA) is 71.5 Å². The van der Waals surface area contributed by atoms with E-state index < -0.39 is 11.9 Å². The van der Waals surface area contributed by atoms with E-state index in [4.69, 9.17) is 0 Å². The second-order valence-corrected chi connectivity index (χ2v) is 6.01. The molecule has 3 heterocycles. The third-order valence-electron chi connectivity index (χ3n) is 4.22. The molecule has 0 atom stereocenters. The van der Waals surface area contributed by atoms with Gasteiger partial charge in [-0.3, -0.25) is 14.7 Å². The predicted molar refractivity (Wildman–Crippen MR) is 90.9 cm³/mol. The van der Waals surface area contributed by atoms with E-state index in [9.17, 15) is 18.0 Å². The van der Waals surface area contributed by atoms with Crippen LogP contribution in [0.1, 0.15) is 5.69 Å². The molecule has 10 heteroatoms. The number of carbonyl (C=O) groups excluding carboxylic acids is 1. The van der Waals surface area contributed by atoms with Crippen LogP contribution in [0, 0.1) is 0 Å². The molecular weight excluding hydrogens is 363 g/mol. The van der Waals surface area contributed by atoms with Gasteiger partial charge in [-0.05, 0) is 12.1 Å². The van der Waals surface area contributed by atoms with Crippen LogP contribution < -0.4 is 4.90 Å². The van der Waals surface area contributed by atoms with Crippen molar-refractivity contribution in [2.75, 3.05) is 44.7 Å². The molecule has 0 aliphatic carbocycles. The zero-order valence-electron chi connectivity index (χ0n) is 14.6. The van der Waals surface area contributed by atoms with Crippen molar-refractivity contribution in [2.24, 2.45) is 0 Å². The van der Waals surface area contributed by atoms with E-state index in [1.807, 2.05) is 4.90 Å². The Bertz CT molecular complexity index is 793. The first kappa shape index (κ1) is 19.0. The molecule has 2 aromatic heterocycles. The number of rotatable bonds is 4. The third kappa shape index (κ3) is 4.70. The van der Waals surface area contributed by atoms with E-state index in [1.54, 1.807) is 17.0 Å². The molecular formula is C17H18F3N5O2. The molecule has 1 aliphatic rings. The Balaban J connectivity index is 1.84. The summed E-state index contributed by atoms with van der Waals surface area (Å²) in [7, 11) is 1.32. The van der Waals surface area contributed by atoms with E-state index in [0.717, 1.165) is 6.07 Å². The predicted octanol–water partition coefficient (Wildman–Crippen LogP) is 1.85. The number of pyridine rings is 1. The molecule has 27 heavy (non-hydrogen) atoms. The van der Waals surface area contributed by atoms with Gasteiger partial charge in [-0.2, -0.15) is 13.2 Å². The van der Waals surface area contributed by atoms with Crippen LogP contribution >= 0.6 is 0 Å². The number of esters is 1. The number of halogens is 3. The Labute approximate surface area is 153 Å². The number of piperazine rings is 1.